The summed E-state index contributed by atoms with van der Waals surface area (Å²) in [5.74, 6) is -0.307. The Hall–Kier alpha value is -1.33. The summed E-state index contributed by atoms with van der Waals surface area (Å²) in [6.07, 6.45) is 58.1. The first kappa shape index (κ1) is 66.7. The van der Waals surface area contributed by atoms with Gasteiger partial charge in [0.2, 0.25) is 0 Å². The number of carbonyl (C=O) groups excluding carboxylic acids is 1. The standard InChI is InChI=1S/C61H116O9/c1-3-5-7-9-11-13-15-17-19-21-23-25-27-28-29-30-32-34-36-38-40-42-44-46-48-50-57(63)69-55(54-68-61-60(66)59(65)58(64)56(52-62)70-61)53-67-51-49-47-45-43-41-39-37-35-33-31-26-24-22-20-18-16-14-12-10-8-6-4-2/h16,18,22,24,55-56,58-62,64-66H,3-15,17,19-21,23,25-54H2,1-2H3/b18-16-,24-22-. The molecule has 0 aromatic carbocycles. The zero-order chi connectivity index (χ0) is 50.6. The molecule has 0 aromatic heterocycles. The molecule has 1 saturated heterocycles. The lowest BCUT2D eigenvalue weighted by Crippen LogP contribution is -2.59. The topological polar surface area (TPSA) is 135 Å². The highest BCUT2D eigenvalue weighted by Crippen LogP contribution is 2.23. The SMILES string of the molecule is CCCCCCC/C=C\C/C=C\CCCCCCCCCCCCOCC(COC1OC(CO)C(O)C(O)C1O)OC(=O)CCCCCCCCCCCCCCCCCCCCCCCCCCC. The fourth-order valence-corrected chi connectivity index (χ4v) is 9.64. The molecule has 0 spiro atoms. The van der Waals surface area contributed by atoms with E-state index < -0.39 is 43.4 Å². The minimum Gasteiger partial charge on any atom is -0.457 e. The third-order valence-electron chi connectivity index (χ3n) is 14.4. The Bertz CT molecular complexity index is 1130. The van der Waals surface area contributed by atoms with Crippen LogP contribution in [-0.4, -0.2) is 89.6 Å². The molecule has 9 nitrogen and oxygen atoms in total. The number of hydrogen-bond acceptors (Lipinski definition) is 9. The van der Waals surface area contributed by atoms with E-state index in [1.54, 1.807) is 0 Å². The largest absolute Gasteiger partial charge is 0.457 e. The van der Waals surface area contributed by atoms with Crippen LogP contribution in [0.4, 0.5) is 0 Å². The minimum absolute atomic E-state index is 0.110. The number of aliphatic hydroxyl groups excluding tert-OH is 4. The molecule has 0 bridgehead atoms. The van der Waals surface area contributed by atoms with Gasteiger partial charge in [-0.05, 0) is 44.9 Å². The number of aliphatic hydroxyl groups is 4. The molecule has 0 aromatic rings. The third kappa shape index (κ3) is 42.1. The predicted octanol–water partition coefficient (Wildman–Crippen LogP) is 16.0. The number of ether oxygens (including phenoxy) is 4. The molecule has 1 fully saturated rings. The second kappa shape index (κ2) is 52.5. The summed E-state index contributed by atoms with van der Waals surface area (Å²) in [5.41, 5.74) is 0. The van der Waals surface area contributed by atoms with Crippen molar-refractivity contribution in [2.75, 3.05) is 26.4 Å². The highest BCUT2D eigenvalue weighted by Gasteiger charge is 2.44. The normalized spacial score (nSPS) is 19.0. The van der Waals surface area contributed by atoms with E-state index in [4.69, 9.17) is 18.9 Å². The van der Waals surface area contributed by atoms with Gasteiger partial charge in [-0.25, -0.2) is 0 Å². The van der Waals surface area contributed by atoms with E-state index >= 15 is 0 Å². The first-order valence-electron chi connectivity index (χ1n) is 30.4. The summed E-state index contributed by atoms with van der Waals surface area (Å²) < 4.78 is 23.0. The fourth-order valence-electron chi connectivity index (χ4n) is 9.64. The average Bonchev–Trinajstić information content (AvgIpc) is 3.36. The first-order valence-corrected chi connectivity index (χ1v) is 30.4. The van der Waals surface area contributed by atoms with Crippen molar-refractivity contribution >= 4 is 5.97 Å². The van der Waals surface area contributed by atoms with Gasteiger partial charge in [-0.1, -0.05) is 269 Å². The van der Waals surface area contributed by atoms with Crippen LogP contribution < -0.4 is 0 Å². The maximum absolute atomic E-state index is 12.9. The highest BCUT2D eigenvalue weighted by atomic mass is 16.7. The maximum Gasteiger partial charge on any atom is 0.306 e. The molecular weight excluding hydrogens is 877 g/mol. The Morgan fingerprint density at radius 2 is 0.829 bits per heavy atom. The van der Waals surface area contributed by atoms with Gasteiger partial charge >= 0.3 is 5.97 Å². The van der Waals surface area contributed by atoms with Crippen LogP contribution in [0.3, 0.4) is 0 Å². The fraction of sp³-hybridized carbons (Fsp3) is 0.918. The summed E-state index contributed by atoms with van der Waals surface area (Å²) in [7, 11) is 0. The average molecular weight is 994 g/mol. The lowest BCUT2D eigenvalue weighted by Gasteiger charge is -2.39. The van der Waals surface area contributed by atoms with Gasteiger partial charge in [0.15, 0.2) is 6.29 Å². The molecule has 70 heavy (non-hydrogen) atoms. The number of hydrogen-bond donors (Lipinski definition) is 4. The van der Waals surface area contributed by atoms with Crippen molar-refractivity contribution in [1.82, 2.24) is 0 Å². The molecule has 414 valence electrons. The van der Waals surface area contributed by atoms with Crippen molar-refractivity contribution in [3.63, 3.8) is 0 Å². The zero-order valence-corrected chi connectivity index (χ0v) is 46.0. The highest BCUT2D eigenvalue weighted by molar-refractivity contribution is 5.69. The van der Waals surface area contributed by atoms with Crippen LogP contribution in [0.2, 0.25) is 0 Å². The molecular formula is C61H116O9. The van der Waals surface area contributed by atoms with Gasteiger partial charge in [-0.2, -0.15) is 0 Å². The molecule has 1 heterocycles. The van der Waals surface area contributed by atoms with E-state index in [0.29, 0.717) is 13.0 Å². The quantitative estimate of drug-likeness (QED) is 0.0267. The number of allylic oxidation sites excluding steroid dienone is 4. The molecule has 6 unspecified atom stereocenters. The molecule has 6 atom stereocenters. The molecule has 1 aliphatic rings. The van der Waals surface area contributed by atoms with Crippen LogP contribution >= 0.6 is 0 Å². The van der Waals surface area contributed by atoms with Crippen molar-refractivity contribution in [1.29, 1.82) is 0 Å². The lowest BCUT2D eigenvalue weighted by molar-refractivity contribution is -0.305. The van der Waals surface area contributed by atoms with Crippen molar-refractivity contribution < 1.29 is 44.2 Å². The molecule has 0 aliphatic carbocycles. The Morgan fingerprint density at radius 1 is 0.457 bits per heavy atom. The third-order valence-corrected chi connectivity index (χ3v) is 14.4. The van der Waals surface area contributed by atoms with Gasteiger partial charge in [0.25, 0.3) is 0 Å². The smallest absolute Gasteiger partial charge is 0.306 e. The summed E-state index contributed by atoms with van der Waals surface area (Å²) in [5, 5.41) is 40.4. The van der Waals surface area contributed by atoms with E-state index in [1.807, 2.05) is 0 Å². The van der Waals surface area contributed by atoms with E-state index in [1.165, 1.54) is 238 Å². The van der Waals surface area contributed by atoms with E-state index in [2.05, 4.69) is 38.2 Å². The number of rotatable bonds is 54. The van der Waals surface area contributed by atoms with Crippen LogP contribution in [0, 0.1) is 0 Å². The summed E-state index contributed by atoms with van der Waals surface area (Å²) >= 11 is 0. The van der Waals surface area contributed by atoms with Crippen molar-refractivity contribution in [3.8, 4) is 0 Å². The van der Waals surface area contributed by atoms with Gasteiger partial charge in [0.05, 0.1) is 19.8 Å². The van der Waals surface area contributed by atoms with Gasteiger partial charge in [-0.15, -0.1) is 0 Å². The maximum atomic E-state index is 12.9. The van der Waals surface area contributed by atoms with Crippen LogP contribution in [0.1, 0.15) is 296 Å². The second-order valence-electron chi connectivity index (χ2n) is 21.2. The minimum atomic E-state index is -1.54. The Kier molecular flexibility index (Phi) is 50.0. The van der Waals surface area contributed by atoms with Crippen LogP contribution in [0.5, 0.6) is 0 Å². The molecule has 1 rings (SSSR count). The molecule has 9 heteroatoms. The molecule has 0 radical (unpaired) electrons. The number of unbranched alkanes of at least 4 members (excludes halogenated alkanes) is 39. The van der Waals surface area contributed by atoms with Gasteiger partial charge in [0.1, 0.15) is 30.5 Å². The van der Waals surface area contributed by atoms with Gasteiger partial charge in [0, 0.05) is 13.0 Å². The van der Waals surface area contributed by atoms with Gasteiger partial charge < -0.3 is 39.4 Å². The number of carbonyl (C=O) groups is 1. The van der Waals surface area contributed by atoms with Gasteiger partial charge in [-0.3, -0.25) is 4.79 Å². The molecule has 1 aliphatic heterocycles. The first-order chi connectivity index (χ1) is 34.4. The summed E-state index contributed by atoms with van der Waals surface area (Å²) in [6.45, 7) is 4.61. The summed E-state index contributed by atoms with van der Waals surface area (Å²) in [6, 6.07) is 0. The molecule has 0 amide bonds. The van der Waals surface area contributed by atoms with E-state index in [0.717, 1.165) is 38.5 Å². The zero-order valence-electron chi connectivity index (χ0n) is 46.0. The van der Waals surface area contributed by atoms with Crippen molar-refractivity contribution in [3.05, 3.63) is 24.3 Å². The van der Waals surface area contributed by atoms with Crippen molar-refractivity contribution in [2.24, 2.45) is 0 Å². The Labute approximate surface area is 432 Å². The van der Waals surface area contributed by atoms with Crippen LogP contribution in [-0.2, 0) is 23.7 Å². The second-order valence-corrected chi connectivity index (χ2v) is 21.2. The van der Waals surface area contributed by atoms with E-state index in [-0.39, 0.29) is 19.2 Å². The molecule has 0 saturated carbocycles. The van der Waals surface area contributed by atoms with Crippen molar-refractivity contribution in [2.45, 2.75) is 333 Å². The summed E-state index contributed by atoms with van der Waals surface area (Å²) in [4.78, 5) is 12.9. The Balaban J connectivity index is 2.12. The lowest BCUT2D eigenvalue weighted by atomic mass is 9.99. The Morgan fingerprint density at radius 3 is 1.23 bits per heavy atom. The number of esters is 1. The molecule has 4 N–H and O–H groups in total. The predicted molar refractivity (Wildman–Crippen MR) is 293 cm³/mol. The van der Waals surface area contributed by atoms with E-state index in [9.17, 15) is 25.2 Å². The monoisotopic (exact) mass is 993 g/mol. The van der Waals surface area contributed by atoms with Crippen LogP contribution in [0.15, 0.2) is 24.3 Å². The van der Waals surface area contributed by atoms with Crippen LogP contribution in [0.25, 0.3) is 0 Å².